The largest absolute Gasteiger partial charge is 0.465 e. The number of hydrogen-bond donors (Lipinski definition) is 0. The Morgan fingerprint density at radius 3 is 0.955 bits per heavy atom. The Bertz CT molecular complexity index is 396. The summed E-state index contributed by atoms with van der Waals surface area (Å²) in [5.74, 6) is -29.9. The lowest BCUT2D eigenvalue weighted by Gasteiger charge is -2.33. The summed E-state index contributed by atoms with van der Waals surface area (Å²) in [6.07, 6.45) is 0. The molecule has 0 aliphatic carbocycles. The van der Waals surface area contributed by atoms with Gasteiger partial charge in [0.15, 0.2) is 5.92 Å². The molecule has 0 radical (unpaired) electrons. The molecule has 0 unspecified atom stereocenters. The molecule has 0 N–H and O–H groups in total. The van der Waals surface area contributed by atoms with E-state index in [9.17, 15) is 40.7 Å². The van der Waals surface area contributed by atoms with Gasteiger partial charge in [-0.2, -0.15) is 26.3 Å². The molecule has 0 saturated carbocycles. The number of esters is 3. The normalized spacial score (nSPS) is 12.8. The second-order valence-corrected chi connectivity index (χ2v) is 3.78. The van der Waals surface area contributed by atoms with Crippen LogP contribution in [0, 0.1) is 5.92 Å². The third-order valence-electron chi connectivity index (χ3n) is 2.46. The number of alkyl halides is 6. The molecule has 6 nitrogen and oxygen atoms in total. The zero-order chi connectivity index (χ0) is 17.9. The molecular weight excluding hydrogens is 330 g/mol. The van der Waals surface area contributed by atoms with E-state index in [1.54, 1.807) is 0 Å². The highest BCUT2D eigenvalue weighted by atomic mass is 19.3. The van der Waals surface area contributed by atoms with Gasteiger partial charge in [0.1, 0.15) is 0 Å². The van der Waals surface area contributed by atoms with Crippen LogP contribution in [0.2, 0.25) is 0 Å². The molecule has 0 heterocycles. The Hall–Kier alpha value is -2.01. The van der Waals surface area contributed by atoms with Gasteiger partial charge in [0, 0.05) is 0 Å². The van der Waals surface area contributed by atoms with Crippen molar-refractivity contribution in [3.8, 4) is 0 Å². The van der Waals surface area contributed by atoms with Crippen molar-refractivity contribution in [3.05, 3.63) is 0 Å². The predicted molar refractivity (Wildman–Crippen MR) is 54.4 cm³/mol. The fraction of sp³-hybridized carbons (Fsp3) is 0.700. The summed E-state index contributed by atoms with van der Waals surface area (Å²) in [6, 6.07) is 0. The molecule has 0 amide bonds. The van der Waals surface area contributed by atoms with Gasteiger partial charge >= 0.3 is 35.7 Å². The summed E-state index contributed by atoms with van der Waals surface area (Å²) in [5.41, 5.74) is 0. The van der Waals surface area contributed by atoms with Gasteiger partial charge in [0.2, 0.25) is 0 Å². The Kier molecular flexibility index (Phi) is 5.81. The first kappa shape index (κ1) is 20.0. The second-order valence-electron chi connectivity index (χ2n) is 3.78. The van der Waals surface area contributed by atoms with Crippen LogP contribution < -0.4 is 0 Å². The van der Waals surface area contributed by atoms with Crippen LogP contribution in [0.5, 0.6) is 0 Å². The van der Waals surface area contributed by atoms with Crippen molar-refractivity contribution < 1.29 is 54.9 Å². The lowest BCUT2D eigenvalue weighted by molar-refractivity contribution is -0.261. The molecule has 0 aromatic carbocycles. The molecule has 0 fully saturated rings. The Morgan fingerprint density at radius 1 is 0.636 bits per heavy atom. The van der Waals surface area contributed by atoms with Crippen LogP contribution in [-0.2, 0) is 28.6 Å². The quantitative estimate of drug-likeness (QED) is 0.408. The minimum Gasteiger partial charge on any atom is -0.465 e. The molecule has 128 valence electrons. The van der Waals surface area contributed by atoms with Gasteiger partial charge in [0.25, 0.3) is 0 Å². The highest BCUT2D eigenvalue weighted by Crippen LogP contribution is 2.48. The maximum atomic E-state index is 13.6. The number of rotatable bonds is 6. The fourth-order valence-corrected chi connectivity index (χ4v) is 1.44. The maximum Gasteiger partial charge on any atom is 0.377 e. The molecule has 12 heteroatoms. The summed E-state index contributed by atoms with van der Waals surface area (Å²) in [4.78, 5) is 32.5. The van der Waals surface area contributed by atoms with Gasteiger partial charge in [-0.15, -0.1) is 0 Å². The van der Waals surface area contributed by atoms with Crippen molar-refractivity contribution in [1.82, 2.24) is 0 Å². The number of hydrogen-bond acceptors (Lipinski definition) is 6. The Balaban J connectivity index is 6.30. The van der Waals surface area contributed by atoms with E-state index in [1.165, 1.54) is 0 Å². The summed E-state index contributed by atoms with van der Waals surface area (Å²) in [5, 5.41) is 0. The molecular formula is C10H10F6O6. The molecule has 0 rings (SSSR count). The molecule has 0 atom stereocenters. The highest BCUT2D eigenvalue weighted by Gasteiger charge is 2.76. The van der Waals surface area contributed by atoms with Crippen LogP contribution in [0.25, 0.3) is 0 Å². The van der Waals surface area contributed by atoms with Crippen LogP contribution >= 0.6 is 0 Å². The van der Waals surface area contributed by atoms with E-state index >= 15 is 0 Å². The van der Waals surface area contributed by atoms with E-state index in [-0.39, 0.29) is 0 Å². The Labute approximate surface area is 119 Å². The van der Waals surface area contributed by atoms with Crippen molar-refractivity contribution in [3.63, 3.8) is 0 Å². The number of methoxy groups -OCH3 is 3. The number of halogens is 6. The average molecular weight is 340 g/mol. The third-order valence-corrected chi connectivity index (χ3v) is 2.46. The van der Waals surface area contributed by atoms with E-state index in [4.69, 9.17) is 0 Å². The van der Waals surface area contributed by atoms with Gasteiger partial charge in [-0.25, -0.2) is 14.4 Å². The van der Waals surface area contributed by atoms with Gasteiger partial charge in [-0.05, 0) is 0 Å². The minimum atomic E-state index is -5.61. The topological polar surface area (TPSA) is 78.9 Å². The SMILES string of the molecule is COC(=O)C(F)(F)C(C(F)(F)C(=O)OC)C(F)(F)C(=O)OC. The van der Waals surface area contributed by atoms with Gasteiger partial charge in [-0.1, -0.05) is 0 Å². The van der Waals surface area contributed by atoms with Crippen LogP contribution in [0.4, 0.5) is 26.3 Å². The molecule has 0 aromatic rings. The lowest BCUT2D eigenvalue weighted by Crippen LogP contribution is -2.61. The minimum absolute atomic E-state index is 0.305. The van der Waals surface area contributed by atoms with Crippen LogP contribution in [0.15, 0.2) is 0 Å². The van der Waals surface area contributed by atoms with E-state index in [2.05, 4.69) is 14.2 Å². The summed E-state index contributed by atoms with van der Waals surface area (Å²) in [6.45, 7) is 0. The third kappa shape index (κ3) is 3.25. The van der Waals surface area contributed by atoms with Crippen molar-refractivity contribution in [2.24, 2.45) is 5.92 Å². The highest BCUT2D eigenvalue weighted by molar-refractivity contribution is 5.87. The molecule has 0 aliphatic heterocycles. The van der Waals surface area contributed by atoms with Gasteiger partial charge < -0.3 is 14.2 Å². The van der Waals surface area contributed by atoms with E-state index in [1.807, 2.05) is 0 Å². The van der Waals surface area contributed by atoms with Crippen molar-refractivity contribution in [2.45, 2.75) is 17.8 Å². The van der Waals surface area contributed by atoms with Crippen LogP contribution in [0.3, 0.4) is 0 Å². The predicted octanol–water partition coefficient (Wildman–Crippen LogP) is 1.03. The summed E-state index contributed by atoms with van der Waals surface area (Å²) >= 11 is 0. The Morgan fingerprint density at radius 2 is 0.818 bits per heavy atom. The molecule has 0 saturated heterocycles. The number of ether oxygens (including phenoxy) is 3. The summed E-state index contributed by atoms with van der Waals surface area (Å²) < 4.78 is 92.1. The first-order chi connectivity index (χ1) is 9.81. The second kappa shape index (κ2) is 6.40. The fourth-order valence-electron chi connectivity index (χ4n) is 1.44. The van der Waals surface area contributed by atoms with Gasteiger partial charge in [-0.3, -0.25) is 0 Å². The van der Waals surface area contributed by atoms with Gasteiger partial charge in [0.05, 0.1) is 21.3 Å². The van der Waals surface area contributed by atoms with Crippen molar-refractivity contribution in [2.75, 3.05) is 21.3 Å². The first-order valence-corrected chi connectivity index (χ1v) is 5.20. The van der Waals surface area contributed by atoms with E-state index in [0.29, 0.717) is 21.3 Å². The lowest BCUT2D eigenvalue weighted by atomic mass is 9.87. The maximum absolute atomic E-state index is 13.6. The van der Waals surface area contributed by atoms with Crippen LogP contribution in [0.1, 0.15) is 0 Å². The summed E-state index contributed by atoms with van der Waals surface area (Å²) in [7, 11) is 0.916. The number of carbonyl (C=O) groups excluding carboxylic acids is 3. The molecule has 0 aromatic heterocycles. The standard InChI is InChI=1S/C10H10F6O6/c1-20-5(17)8(11,12)4(9(13,14)6(18)21-2)10(15,16)7(19)22-3/h4H,1-3H3. The monoisotopic (exact) mass is 340 g/mol. The number of carbonyl (C=O) groups is 3. The smallest absolute Gasteiger partial charge is 0.377 e. The van der Waals surface area contributed by atoms with E-state index < -0.39 is 41.6 Å². The average Bonchev–Trinajstić information content (AvgIpc) is 2.42. The molecule has 0 bridgehead atoms. The van der Waals surface area contributed by atoms with Crippen LogP contribution in [-0.4, -0.2) is 57.0 Å². The first-order valence-electron chi connectivity index (χ1n) is 5.20. The van der Waals surface area contributed by atoms with Crippen molar-refractivity contribution >= 4 is 17.9 Å². The molecule has 22 heavy (non-hydrogen) atoms. The zero-order valence-corrected chi connectivity index (χ0v) is 11.3. The molecule has 0 aliphatic rings. The molecule has 0 spiro atoms. The zero-order valence-electron chi connectivity index (χ0n) is 11.3. The van der Waals surface area contributed by atoms with E-state index in [0.717, 1.165) is 0 Å². The van der Waals surface area contributed by atoms with Crippen molar-refractivity contribution in [1.29, 1.82) is 0 Å².